The average Bonchev–Trinajstić information content (AvgIpc) is 2.93. The van der Waals surface area contributed by atoms with Crippen LogP contribution in [0.4, 0.5) is 10.1 Å². The van der Waals surface area contributed by atoms with Crippen LogP contribution in [0.2, 0.25) is 0 Å². The van der Waals surface area contributed by atoms with Gasteiger partial charge in [0, 0.05) is 61.3 Å². The van der Waals surface area contributed by atoms with Crippen LogP contribution in [0.1, 0.15) is 18.5 Å². The lowest BCUT2D eigenvalue weighted by Crippen LogP contribution is -2.46. The van der Waals surface area contributed by atoms with Crippen molar-refractivity contribution in [3.8, 4) is 17.3 Å². The van der Waals surface area contributed by atoms with Crippen LogP contribution in [0.25, 0.3) is 11.4 Å². The topological polar surface area (TPSA) is 116 Å². The van der Waals surface area contributed by atoms with Gasteiger partial charge in [-0.15, -0.1) is 0 Å². The molecule has 2 aromatic carbocycles. The van der Waals surface area contributed by atoms with E-state index in [2.05, 4.69) is 50.1 Å². The van der Waals surface area contributed by atoms with Crippen LogP contribution in [0.5, 0.6) is 5.88 Å². The highest BCUT2D eigenvalue weighted by molar-refractivity contribution is 5.89. The maximum atomic E-state index is 13.2. The molecule has 2 heterocycles. The molecule has 206 valence electrons. The third kappa shape index (κ3) is 10.5. The zero-order valence-electron chi connectivity index (χ0n) is 21.9. The van der Waals surface area contributed by atoms with E-state index in [1.54, 1.807) is 12.1 Å². The number of carbonyl (C=O) groups is 2. The summed E-state index contributed by atoms with van der Waals surface area (Å²) in [4.78, 5) is 33.0. The number of aromatic nitrogens is 2. The summed E-state index contributed by atoms with van der Waals surface area (Å²) >= 11 is 0. The Bertz CT molecular complexity index is 1210. The third-order valence-electron chi connectivity index (χ3n) is 5.91. The second kappa shape index (κ2) is 15.2. The largest absolute Gasteiger partial charge is 0.478 e. The van der Waals surface area contributed by atoms with Gasteiger partial charge in [-0.25, -0.2) is 19.0 Å². The number of nitrogens with zero attached hydrogens (tertiary/aromatic N) is 4. The Hall–Kier alpha value is -4.31. The summed E-state index contributed by atoms with van der Waals surface area (Å²) in [5.41, 5.74) is 2.93. The molecule has 1 aromatic heterocycles. The second-order valence-electron chi connectivity index (χ2n) is 8.91. The number of hydrogen-bond acceptors (Lipinski definition) is 7. The Morgan fingerprint density at radius 3 is 2.18 bits per heavy atom. The highest BCUT2D eigenvalue weighted by Crippen LogP contribution is 2.20. The van der Waals surface area contributed by atoms with E-state index in [0.717, 1.165) is 56.8 Å². The van der Waals surface area contributed by atoms with Crippen molar-refractivity contribution in [1.82, 2.24) is 14.9 Å². The van der Waals surface area contributed by atoms with E-state index in [4.69, 9.17) is 14.9 Å². The van der Waals surface area contributed by atoms with Gasteiger partial charge in [0.25, 0.3) is 0 Å². The Kier molecular flexibility index (Phi) is 11.4. The molecule has 2 N–H and O–H groups in total. The molecular weight excluding hydrogens is 503 g/mol. The highest BCUT2D eigenvalue weighted by Gasteiger charge is 2.16. The van der Waals surface area contributed by atoms with Gasteiger partial charge in [-0.3, -0.25) is 4.90 Å². The number of benzene rings is 2. The van der Waals surface area contributed by atoms with Crippen molar-refractivity contribution < 1.29 is 28.9 Å². The first-order valence-electron chi connectivity index (χ1n) is 12.7. The number of aliphatic carboxylic acids is 2. The molecule has 10 heteroatoms. The van der Waals surface area contributed by atoms with Gasteiger partial charge in [0.1, 0.15) is 5.82 Å². The zero-order chi connectivity index (χ0) is 28.0. The van der Waals surface area contributed by atoms with E-state index in [1.165, 1.54) is 17.8 Å². The fraction of sp³-hybridized carbons (Fsp3) is 0.310. The van der Waals surface area contributed by atoms with Crippen molar-refractivity contribution >= 4 is 17.6 Å². The molecule has 1 fully saturated rings. The Balaban J connectivity index is 0.000000459. The number of ether oxygens (including phenoxy) is 1. The smallest absolute Gasteiger partial charge is 0.328 e. The van der Waals surface area contributed by atoms with Gasteiger partial charge in [-0.05, 0) is 62.7 Å². The molecule has 0 spiro atoms. The lowest BCUT2D eigenvalue weighted by Gasteiger charge is -2.36. The highest BCUT2D eigenvalue weighted by atomic mass is 19.1. The molecule has 0 aliphatic carbocycles. The number of carboxylic acids is 2. The molecule has 0 radical (unpaired) electrons. The first-order valence-corrected chi connectivity index (χ1v) is 12.7. The first-order chi connectivity index (χ1) is 18.8. The third-order valence-corrected chi connectivity index (χ3v) is 5.91. The van der Waals surface area contributed by atoms with E-state index in [0.29, 0.717) is 30.5 Å². The van der Waals surface area contributed by atoms with E-state index in [1.807, 2.05) is 13.0 Å². The lowest BCUT2D eigenvalue weighted by molar-refractivity contribution is -0.134. The standard InChI is InChI=1S/C25H29FN4O.C4H4O4/c1-20-19-24(28-25(27-20)21-9-11-22(26)12-10-21)31-18-6-5-13-29-14-16-30(17-15-29)23-7-3-2-4-8-23;5-3(6)1-2-4(7)8/h2-4,7-12,19H,5-6,13-18H2,1H3;1-2H,(H,5,6)(H,7,8). The normalized spacial score (nSPS) is 13.5. The van der Waals surface area contributed by atoms with Gasteiger partial charge in [0.15, 0.2) is 5.82 Å². The van der Waals surface area contributed by atoms with Gasteiger partial charge in [-0.1, -0.05) is 18.2 Å². The fourth-order valence-electron chi connectivity index (χ4n) is 3.97. The monoisotopic (exact) mass is 536 g/mol. The quantitative estimate of drug-likeness (QED) is 0.289. The second-order valence-corrected chi connectivity index (χ2v) is 8.91. The summed E-state index contributed by atoms with van der Waals surface area (Å²) in [5.74, 6) is -1.65. The number of unbranched alkanes of at least 4 members (excludes halogenated alkanes) is 1. The average molecular weight is 537 g/mol. The van der Waals surface area contributed by atoms with Crippen LogP contribution < -0.4 is 9.64 Å². The summed E-state index contributed by atoms with van der Waals surface area (Å²) in [5, 5.41) is 15.6. The van der Waals surface area contributed by atoms with E-state index < -0.39 is 11.9 Å². The zero-order valence-corrected chi connectivity index (χ0v) is 21.9. The van der Waals surface area contributed by atoms with Gasteiger partial charge in [0.2, 0.25) is 5.88 Å². The minimum absolute atomic E-state index is 0.269. The SMILES string of the molecule is Cc1cc(OCCCCN2CCN(c3ccccc3)CC2)nc(-c2ccc(F)cc2)n1.O=C(O)C=CC(=O)O. The molecule has 0 saturated carbocycles. The van der Waals surface area contributed by atoms with E-state index >= 15 is 0 Å². The van der Waals surface area contributed by atoms with Crippen molar-refractivity contribution in [1.29, 1.82) is 0 Å². The Morgan fingerprint density at radius 2 is 1.56 bits per heavy atom. The van der Waals surface area contributed by atoms with Crippen LogP contribution in [0.3, 0.4) is 0 Å². The maximum Gasteiger partial charge on any atom is 0.328 e. The summed E-state index contributed by atoms with van der Waals surface area (Å²) in [6.07, 6.45) is 3.19. The summed E-state index contributed by atoms with van der Waals surface area (Å²) in [6.45, 7) is 7.99. The van der Waals surface area contributed by atoms with Gasteiger partial charge >= 0.3 is 11.9 Å². The molecule has 1 aliphatic rings. The molecule has 3 aromatic rings. The number of anilines is 1. The molecule has 9 nitrogen and oxygen atoms in total. The molecule has 1 saturated heterocycles. The molecule has 1 aliphatic heterocycles. The van der Waals surface area contributed by atoms with Crippen molar-refractivity contribution in [3.63, 3.8) is 0 Å². The van der Waals surface area contributed by atoms with Crippen molar-refractivity contribution in [2.75, 3.05) is 44.2 Å². The van der Waals surface area contributed by atoms with Crippen LogP contribution in [-0.2, 0) is 9.59 Å². The number of para-hydroxylation sites is 1. The Morgan fingerprint density at radius 1 is 0.923 bits per heavy atom. The van der Waals surface area contributed by atoms with Gasteiger partial charge in [0.05, 0.1) is 6.61 Å². The summed E-state index contributed by atoms with van der Waals surface area (Å²) in [7, 11) is 0. The van der Waals surface area contributed by atoms with Gasteiger partial charge < -0.3 is 19.8 Å². The lowest BCUT2D eigenvalue weighted by atomic mass is 10.2. The number of aryl methyl sites for hydroxylation is 1. The molecule has 0 unspecified atom stereocenters. The molecule has 0 amide bonds. The number of halogens is 1. The molecule has 0 bridgehead atoms. The maximum absolute atomic E-state index is 13.2. The van der Waals surface area contributed by atoms with Crippen molar-refractivity contribution in [2.24, 2.45) is 0 Å². The number of piperazine rings is 1. The predicted molar refractivity (Wildman–Crippen MR) is 146 cm³/mol. The molecule has 4 rings (SSSR count). The van der Waals surface area contributed by atoms with E-state index in [-0.39, 0.29) is 5.82 Å². The Labute approximate surface area is 227 Å². The van der Waals surface area contributed by atoms with Crippen molar-refractivity contribution in [2.45, 2.75) is 19.8 Å². The summed E-state index contributed by atoms with van der Waals surface area (Å²) in [6, 6.07) is 18.7. The number of carboxylic acid groups (broad SMARTS) is 2. The minimum atomic E-state index is -1.26. The van der Waals surface area contributed by atoms with Crippen LogP contribution >= 0.6 is 0 Å². The van der Waals surface area contributed by atoms with Crippen molar-refractivity contribution in [3.05, 3.63) is 84.3 Å². The predicted octanol–water partition coefficient (Wildman–Crippen LogP) is 4.28. The first kappa shape index (κ1) is 29.2. The number of rotatable bonds is 10. The molecule has 0 atom stereocenters. The molecular formula is C29H33FN4O5. The van der Waals surface area contributed by atoms with Crippen LogP contribution in [0.15, 0.2) is 72.8 Å². The number of hydrogen-bond donors (Lipinski definition) is 2. The molecule has 39 heavy (non-hydrogen) atoms. The summed E-state index contributed by atoms with van der Waals surface area (Å²) < 4.78 is 19.0. The minimum Gasteiger partial charge on any atom is -0.478 e. The fourth-order valence-corrected chi connectivity index (χ4v) is 3.97. The van der Waals surface area contributed by atoms with Crippen LogP contribution in [0, 0.1) is 12.7 Å². The van der Waals surface area contributed by atoms with Crippen LogP contribution in [-0.4, -0.2) is 76.4 Å². The van der Waals surface area contributed by atoms with E-state index in [9.17, 15) is 14.0 Å². The van der Waals surface area contributed by atoms with Gasteiger partial charge in [-0.2, -0.15) is 4.98 Å².